The van der Waals surface area contributed by atoms with Crippen molar-refractivity contribution in [1.29, 1.82) is 0 Å². The summed E-state index contributed by atoms with van der Waals surface area (Å²) in [5, 5.41) is 9.54. The van der Waals surface area contributed by atoms with E-state index in [0.717, 1.165) is 0 Å². The van der Waals surface area contributed by atoms with Crippen LogP contribution in [0.25, 0.3) is 0 Å². The Hall–Kier alpha value is -1.21. The Kier molecular flexibility index (Phi) is 4.83. The van der Waals surface area contributed by atoms with Gasteiger partial charge in [0.2, 0.25) is 5.13 Å². The maximum atomic E-state index is 10.7. The fourth-order valence-electron chi connectivity index (χ4n) is 1.22. The van der Waals surface area contributed by atoms with Gasteiger partial charge in [0.1, 0.15) is 6.10 Å². The predicted molar refractivity (Wildman–Crippen MR) is 65.4 cm³/mol. The summed E-state index contributed by atoms with van der Waals surface area (Å²) in [5.41, 5.74) is 0. The lowest BCUT2D eigenvalue weighted by atomic mass is 10.2. The standard InChI is InChI=1S/C10H17N3O3S/c1-6(9(14)15)5-13(3)10-11-8(12-17-10)7(2)16-4/h6-7H,5H2,1-4H3,(H,14,15). The SMILES string of the molecule is COC(C)c1nsc(N(C)CC(C)C(=O)O)n1. The zero-order valence-corrected chi connectivity index (χ0v) is 11.2. The molecule has 0 radical (unpaired) electrons. The van der Waals surface area contributed by atoms with E-state index >= 15 is 0 Å². The van der Waals surface area contributed by atoms with E-state index in [1.807, 2.05) is 6.92 Å². The summed E-state index contributed by atoms with van der Waals surface area (Å²) >= 11 is 1.25. The van der Waals surface area contributed by atoms with Crippen LogP contribution in [-0.4, -0.2) is 41.1 Å². The van der Waals surface area contributed by atoms with Gasteiger partial charge in [-0.1, -0.05) is 6.92 Å². The number of anilines is 1. The minimum absolute atomic E-state index is 0.148. The number of carboxylic acids is 1. The van der Waals surface area contributed by atoms with Crippen LogP contribution in [0.3, 0.4) is 0 Å². The molecule has 1 N–H and O–H groups in total. The van der Waals surface area contributed by atoms with Gasteiger partial charge in [-0.2, -0.15) is 4.37 Å². The number of aliphatic carboxylic acids is 1. The third-order valence-corrected chi connectivity index (χ3v) is 3.29. The summed E-state index contributed by atoms with van der Waals surface area (Å²) in [6.45, 7) is 3.94. The third-order valence-electron chi connectivity index (χ3n) is 2.44. The van der Waals surface area contributed by atoms with Crippen LogP contribution in [0.4, 0.5) is 5.13 Å². The fourth-order valence-corrected chi connectivity index (χ4v) is 1.93. The molecule has 0 aliphatic carbocycles. The molecular formula is C10H17N3O3S. The topological polar surface area (TPSA) is 75.5 Å². The minimum atomic E-state index is -0.813. The molecule has 0 aromatic carbocycles. The van der Waals surface area contributed by atoms with E-state index in [1.165, 1.54) is 11.5 Å². The zero-order chi connectivity index (χ0) is 13.0. The molecule has 0 spiro atoms. The second-order valence-electron chi connectivity index (χ2n) is 3.93. The molecule has 1 heterocycles. The van der Waals surface area contributed by atoms with E-state index in [1.54, 1.807) is 26.0 Å². The van der Waals surface area contributed by atoms with E-state index < -0.39 is 11.9 Å². The molecule has 17 heavy (non-hydrogen) atoms. The number of nitrogens with zero attached hydrogens (tertiary/aromatic N) is 3. The average molecular weight is 259 g/mol. The van der Waals surface area contributed by atoms with E-state index in [0.29, 0.717) is 17.5 Å². The molecule has 1 aromatic rings. The highest BCUT2D eigenvalue weighted by Crippen LogP contribution is 2.21. The summed E-state index contributed by atoms with van der Waals surface area (Å²) in [5.74, 6) is -0.624. The molecule has 1 rings (SSSR count). The molecule has 96 valence electrons. The molecule has 6 nitrogen and oxygen atoms in total. The van der Waals surface area contributed by atoms with Gasteiger partial charge in [0.25, 0.3) is 0 Å². The van der Waals surface area contributed by atoms with Crippen LogP contribution in [0.15, 0.2) is 0 Å². The van der Waals surface area contributed by atoms with E-state index in [2.05, 4.69) is 9.36 Å². The van der Waals surface area contributed by atoms with Crippen LogP contribution in [-0.2, 0) is 9.53 Å². The predicted octanol–water partition coefficient (Wildman–Crippen LogP) is 1.40. The molecule has 0 fully saturated rings. The highest BCUT2D eigenvalue weighted by Gasteiger charge is 2.18. The normalized spacial score (nSPS) is 14.4. The molecule has 1 aromatic heterocycles. The quantitative estimate of drug-likeness (QED) is 0.832. The monoisotopic (exact) mass is 259 g/mol. The minimum Gasteiger partial charge on any atom is -0.481 e. The van der Waals surface area contributed by atoms with Crippen LogP contribution in [0.2, 0.25) is 0 Å². The molecule has 0 aliphatic heterocycles. The fraction of sp³-hybridized carbons (Fsp3) is 0.700. The number of ether oxygens (including phenoxy) is 1. The second kappa shape index (κ2) is 5.92. The van der Waals surface area contributed by atoms with Crippen molar-refractivity contribution >= 4 is 22.6 Å². The van der Waals surface area contributed by atoms with Gasteiger partial charge in [-0.3, -0.25) is 4.79 Å². The maximum Gasteiger partial charge on any atom is 0.308 e. The molecule has 0 bridgehead atoms. The molecule has 0 saturated carbocycles. The Morgan fingerprint density at radius 1 is 1.59 bits per heavy atom. The van der Waals surface area contributed by atoms with Crippen molar-refractivity contribution in [3.05, 3.63) is 5.82 Å². The first-order valence-corrected chi connectivity index (χ1v) is 6.03. The highest BCUT2D eigenvalue weighted by molar-refractivity contribution is 7.09. The lowest BCUT2D eigenvalue weighted by molar-refractivity contribution is -0.140. The lowest BCUT2D eigenvalue weighted by Crippen LogP contribution is -2.28. The number of rotatable bonds is 6. The lowest BCUT2D eigenvalue weighted by Gasteiger charge is -2.17. The smallest absolute Gasteiger partial charge is 0.308 e. The summed E-state index contributed by atoms with van der Waals surface area (Å²) in [7, 11) is 3.41. The number of carbonyl (C=O) groups is 1. The molecule has 2 unspecified atom stereocenters. The van der Waals surface area contributed by atoms with E-state index in [-0.39, 0.29) is 6.10 Å². The van der Waals surface area contributed by atoms with Crippen molar-refractivity contribution in [1.82, 2.24) is 9.36 Å². The second-order valence-corrected chi connectivity index (χ2v) is 4.66. The Morgan fingerprint density at radius 3 is 2.76 bits per heavy atom. The number of methoxy groups -OCH3 is 1. The van der Waals surface area contributed by atoms with Crippen molar-refractivity contribution in [3.63, 3.8) is 0 Å². The summed E-state index contributed by atoms with van der Waals surface area (Å²) in [4.78, 5) is 16.8. The number of hydrogen-bond acceptors (Lipinski definition) is 6. The van der Waals surface area contributed by atoms with E-state index in [4.69, 9.17) is 9.84 Å². The molecule has 7 heteroatoms. The first kappa shape index (κ1) is 13.9. The third kappa shape index (κ3) is 3.64. The number of hydrogen-bond donors (Lipinski definition) is 1. The number of aromatic nitrogens is 2. The highest BCUT2D eigenvalue weighted by atomic mass is 32.1. The molecule has 0 saturated heterocycles. The first-order valence-electron chi connectivity index (χ1n) is 5.26. The number of carboxylic acid groups (broad SMARTS) is 1. The van der Waals surface area contributed by atoms with Gasteiger partial charge in [-0.15, -0.1) is 0 Å². The van der Waals surface area contributed by atoms with Gasteiger partial charge >= 0.3 is 5.97 Å². The van der Waals surface area contributed by atoms with Crippen LogP contribution >= 0.6 is 11.5 Å². The van der Waals surface area contributed by atoms with Crippen LogP contribution < -0.4 is 4.90 Å². The zero-order valence-electron chi connectivity index (χ0n) is 10.4. The maximum absolute atomic E-state index is 10.7. The van der Waals surface area contributed by atoms with Gasteiger partial charge in [-0.05, 0) is 6.92 Å². The first-order chi connectivity index (χ1) is 7.95. The van der Waals surface area contributed by atoms with Gasteiger partial charge in [-0.25, -0.2) is 4.98 Å². The van der Waals surface area contributed by atoms with Crippen molar-refractivity contribution in [3.8, 4) is 0 Å². The van der Waals surface area contributed by atoms with Crippen molar-refractivity contribution in [2.45, 2.75) is 20.0 Å². The molecule has 0 amide bonds. The summed E-state index contributed by atoms with van der Waals surface area (Å²) in [6.07, 6.45) is -0.148. The molecular weight excluding hydrogens is 242 g/mol. The Labute approximate surface area is 104 Å². The van der Waals surface area contributed by atoms with Gasteiger partial charge in [0.15, 0.2) is 5.82 Å². The average Bonchev–Trinajstić information content (AvgIpc) is 2.77. The van der Waals surface area contributed by atoms with Gasteiger partial charge in [0, 0.05) is 32.2 Å². The largest absolute Gasteiger partial charge is 0.481 e. The Morgan fingerprint density at radius 2 is 2.24 bits per heavy atom. The molecule has 0 aliphatic rings. The van der Waals surface area contributed by atoms with Crippen LogP contribution in [0, 0.1) is 5.92 Å². The van der Waals surface area contributed by atoms with Crippen molar-refractivity contribution in [2.24, 2.45) is 5.92 Å². The van der Waals surface area contributed by atoms with Crippen molar-refractivity contribution < 1.29 is 14.6 Å². The van der Waals surface area contributed by atoms with Crippen molar-refractivity contribution in [2.75, 3.05) is 25.6 Å². The van der Waals surface area contributed by atoms with Crippen LogP contribution in [0.1, 0.15) is 25.8 Å². The van der Waals surface area contributed by atoms with Gasteiger partial charge in [0.05, 0.1) is 5.92 Å². The van der Waals surface area contributed by atoms with Gasteiger partial charge < -0.3 is 14.7 Å². The Balaban J connectivity index is 2.66. The van der Waals surface area contributed by atoms with Crippen LogP contribution in [0.5, 0.6) is 0 Å². The summed E-state index contributed by atoms with van der Waals surface area (Å²) < 4.78 is 9.29. The summed E-state index contributed by atoms with van der Waals surface area (Å²) in [6, 6.07) is 0. The Bertz CT molecular complexity index is 383. The van der Waals surface area contributed by atoms with E-state index in [9.17, 15) is 4.79 Å². The molecule has 2 atom stereocenters.